The number of halogens is 1. The van der Waals surface area contributed by atoms with Gasteiger partial charge in [0.25, 0.3) is 0 Å². The maximum absolute atomic E-state index is 5.39. The molecule has 86 valence electrons. The first-order chi connectivity index (χ1) is 6.86. The summed E-state index contributed by atoms with van der Waals surface area (Å²) >= 11 is 0. The zero-order valence-corrected chi connectivity index (χ0v) is 10.1. The Kier molecular flexibility index (Phi) is 8.15. The van der Waals surface area contributed by atoms with E-state index in [1.54, 1.807) is 0 Å². The lowest BCUT2D eigenvalue weighted by Gasteiger charge is -2.05. The van der Waals surface area contributed by atoms with Gasteiger partial charge in [0.05, 0.1) is 0 Å². The summed E-state index contributed by atoms with van der Waals surface area (Å²) in [6.07, 6.45) is 3.65. The number of hydrogen-bond donors (Lipinski definition) is 1. The van der Waals surface area contributed by atoms with Crippen LogP contribution in [0.25, 0.3) is 0 Å². The van der Waals surface area contributed by atoms with Crippen molar-refractivity contribution in [3.8, 4) is 5.75 Å². The fourth-order valence-electron chi connectivity index (χ4n) is 1.31. The van der Waals surface area contributed by atoms with Crippen LogP contribution < -0.4 is 10.5 Å². The van der Waals surface area contributed by atoms with E-state index in [1.165, 1.54) is 18.4 Å². The maximum Gasteiger partial charge on any atom is 0.119 e. The van der Waals surface area contributed by atoms with Gasteiger partial charge in [0.2, 0.25) is 0 Å². The second kappa shape index (κ2) is 8.57. The van der Waals surface area contributed by atoms with E-state index in [4.69, 9.17) is 10.5 Å². The van der Waals surface area contributed by atoms with Crippen molar-refractivity contribution in [2.45, 2.75) is 26.2 Å². The molecule has 0 aromatic heterocycles. The molecule has 0 radical (unpaired) electrons. The number of nitrogens with two attached hydrogens (primary N) is 1. The second-order valence-corrected chi connectivity index (χ2v) is 3.38. The molecule has 0 fully saturated rings. The fourth-order valence-corrected chi connectivity index (χ4v) is 1.31. The molecule has 3 heteroatoms. The lowest BCUT2D eigenvalue weighted by molar-refractivity contribution is 0.328. The highest BCUT2D eigenvalue weighted by Gasteiger charge is 1.94. The van der Waals surface area contributed by atoms with E-state index in [0.29, 0.717) is 13.2 Å². The molecule has 0 aliphatic heterocycles. The molecule has 0 saturated heterocycles. The summed E-state index contributed by atoms with van der Waals surface area (Å²) in [4.78, 5) is 0. The molecule has 0 atom stereocenters. The minimum atomic E-state index is 0. The van der Waals surface area contributed by atoms with Gasteiger partial charge in [0.15, 0.2) is 0 Å². The van der Waals surface area contributed by atoms with Crippen LogP contribution in [0.15, 0.2) is 24.3 Å². The summed E-state index contributed by atoms with van der Waals surface area (Å²) < 4.78 is 5.39. The van der Waals surface area contributed by atoms with Crippen molar-refractivity contribution in [1.82, 2.24) is 0 Å². The summed E-state index contributed by atoms with van der Waals surface area (Å²) in [7, 11) is 0. The summed E-state index contributed by atoms with van der Waals surface area (Å²) in [6.45, 7) is 3.37. The van der Waals surface area contributed by atoms with Crippen LogP contribution in [0, 0.1) is 0 Å². The molecule has 0 bridgehead atoms. The Morgan fingerprint density at radius 1 is 1.20 bits per heavy atom. The molecule has 15 heavy (non-hydrogen) atoms. The predicted molar refractivity (Wildman–Crippen MR) is 66.9 cm³/mol. The maximum atomic E-state index is 5.39. The first kappa shape index (κ1) is 14.3. The molecule has 0 amide bonds. The molecule has 1 aromatic carbocycles. The van der Waals surface area contributed by atoms with Gasteiger partial charge in [-0.2, -0.15) is 0 Å². The summed E-state index contributed by atoms with van der Waals surface area (Å²) in [5, 5.41) is 0. The fraction of sp³-hybridized carbons (Fsp3) is 0.500. The van der Waals surface area contributed by atoms with Crippen molar-refractivity contribution >= 4 is 12.4 Å². The average molecular weight is 230 g/mol. The third kappa shape index (κ3) is 5.65. The molecule has 0 unspecified atom stereocenters. The van der Waals surface area contributed by atoms with E-state index in [0.717, 1.165) is 12.2 Å². The zero-order valence-electron chi connectivity index (χ0n) is 9.24. The Labute approximate surface area is 98.2 Å². The van der Waals surface area contributed by atoms with Crippen LogP contribution in [0.1, 0.15) is 25.3 Å². The molecule has 1 aromatic rings. The van der Waals surface area contributed by atoms with Crippen molar-refractivity contribution in [2.75, 3.05) is 13.2 Å². The van der Waals surface area contributed by atoms with Crippen molar-refractivity contribution < 1.29 is 4.74 Å². The van der Waals surface area contributed by atoms with Crippen molar-refractivity contribution in [2.24, 2.45) is 5.73 Å². The molecule has 0 heterocycles. The molecular formula is C12H20ClNO. The third-order valence-corrected chi connectivity index (χ3v) is 2.13. The summed E-state index contributed by atoms with van der Waals surface area (Å²) in [5.74, 6) is 0.913. The van der Waals surface area contributed by atoms with E-state index in [1.807, 2.05) is 12.1 Å². The smallest absolute Gasteiger partial charge is 0.119 e. The number of unbranched alkanes of at least 4 members (excludes halogenated alkanes) is 1. The molecular weight excluding hydrogens is 210 g/mol. The van der Waals surface area contributed by atoms with E-state index in [9.17, 15) is 0 Å². The minimum absolute atomic E-state index is 0. The molecule has 2 N–H and O–H groups in total. The van der Waals surface area contributed by atoms with Gasteiger partial charge in [-0.3, -0.25) is 0 Å². The number of aryl methyl sites for hydroxylation is 1. The predicted octanol–water partition coefficient (Wildman–Crippen LogP) is 2.79. The van der Waals surface area contributed by atoms with Gasteiger partial charge in [-0.25, -0.2) is 0 Å². The van der Waals surface area contributed by atoms with Gasteiger partial charge < -0.3 is 10.5 Å². The second-order valence-electron chi connectivity index (χ2n) is 3.38. The molecule has 2 nitrogen and oxygen atoms in total. The molecule has 0 spiro atoms. The monoisotopic (exact) mass is 229 g/mol. The first-order valence-electron chi connectivity index (χ1n) is 5.28. The van der Waals surface area contributed by atoms with Crippen LogP contribution in [-0.2, 0) is 6.42 Å². The Morgan fingerprint density at radius 2 is 1.87 bits per heavy atom. The third-order valence-electron chi connectivity index (χ3n) is 2.13. The van der Waals surface area contributed by atoms with E-state index < -0.39 is 0 Å². The van der Waals surface area contributed by atoms with Crippen LogP contribution in [0.3, 0.4) is 0 Å². The topological polar surface area (TPSA) is 35.2 Å². The highest BCUT2D eigenvalue weighted by Crippen LogP contribution is 2.13. The van der Waals surface area contributed by atoms with Gasteiger partial charge in [0.1, 0.15) is 12.4 Å². The Balaban J connectivity index is 0.00000196. The number of ether oxygens (including phenoxy) is 1. The normalized spacial score (nSPS) is 9.47. The van der Waals surface area contributed by atoms with Gasteiger partial charge in [0, 0.05) is 6.54 Å². The van der Waals surface area contributed by atoms with E-state index >= 15 is 0 Å². The van der Waals surface area contributed by atoms with E-state index in [-0.39, 0.29) is 12.4 Å². The molecule has 0 saturated carbocycles. The van der Waals surface area contributed by atoms with Crippen LogP contribution in [0.2, 0.25) is 0 Å². The Bertz CT molecular complexity index is 221. The Morgan fingerprint density at radius 3 is 2.40 bits per heavy atom. The van der Waals surface area contributed by atoms with Gasteiger partial charge in [-0.05, 0) is 30.5 Å². The molecule has 1 rings (SSSR count). The zero-order chi connectivity index (χ0) is 10.2. The van der Waals surface area contributed by atoms with Crippen LogP contribution >= 0.6 is 12.4 Å². The van der Waals surface area contributed by atoms with Crippen LogP contribution in [-0.4, -0.2) is 13.2 Å². The summed E-state index contributed by atoms with van der Waals surface area (Å²) in [6, 6.07) is 8.28. The highest BCUT2D eigenvalue weighted by molar-refractivity contribution is 5.85. The van der Waals surface area contributed by atoms with Gasteiger partial charge >= 0.3 is 0 Å². The highest BCUT2D eigenvalue weighted by atomic mass is 35.5. The number of rotatable bonds is 6. The van der Waals surface area contributed by atoms with Crippen molar-refractivity contribution in [1.29, 1.82) is 0 Å². The number of hydrogen-bond acceptors (Lipinski definition) is 2. The first-order valence-corrected chi connectivity index (χ1v) is 5.28. The van der Waals surface area contributed by atoms with Crippen LogP contribution in [0.4, 0.5) is 0 Å². The average Bonchev–Trinajstić information content (AvgIpc) is 2.25. The number of benzene rings is 1. The lowest BCUT2D eigenvalue weighted by Crippen LogP contribution is -2.10. The van der Waals surface area contributed by atoms with E-state index in [2.05, 4.69) is 19.1 Å². The lowest BCUT2D eigenvalue weighted by atomic mass is 10.1. The Hall–Kier alpha value is -0.730. The van der Waals surface area contributed by atoms with Gasteiger partial charge in [-0.1, -0.05) is 25.5 Å². The van der Waals surface area contributed by atoms with Crippen molar-refractivity contribution in [3.05, 3.63) is 29.8 Å². The minimum Gasteiger partial charge on any atom is -0.492 e. The quantitative estimate of drug-likeness (QED) is 0.814. The van der Waals surface area contributed by atoms with Crippen molar-refractivity contribution in [3.63, 3.8) is 0 Å². The van der Waals surface area contributed by atoms with Gasteiger partial charge in [-0.15, -0.1) is 12.4 Å². The largest absolute Gasteiger partial charge is 0.492 e. The summed E-state index contributed by atoms with van der Waals surface area (Å²) in [5.41, 5.74) is 6.73. The molecule has 0 aliphatic rings. The van der Waals surface area contributed by atoms with Crippen LogP contribution in [0.5, 0.6) is 5.75 Å². The molecule has 0 aliphatic carbocycles. The standard InChI is InChI=1S/C12H19NO.ClH/c1-2-3-4-11-5-7-12(8-6-11)14-10-9-13;/h5-8H,2-4,9-10,13H2,1H3;1H. The SMILES string of the molecule is CCCCc1ccc(OCCN)cc1.Cl.